The van der Waals surface area contributed by atoms with Crippen LogP contribution in [0.1, 0.15) is 16.6 Å². The van der Waals surface area contributed by atoms with E-state index in [1.165, 1.54) is 23.1 Å². The number of carbonyl (C=O) groups excluding carboxylic acids is 1. The van der Waals surface area contributed by atoms with Gasteiger partial charge in [0.05, 0.1) is 10.9 Å². The lowest BCUT2D eigenvalue weighted by atomic mass is 10.2. The quantitative estimate of drug-likeness (QED) is 0.914. The molecule has 1 aliphatic rings. The molecule has 3 rings (SSSR count). The average Bonchev–Trinajstić information content (AvgIpc) is 3.04. The summed E-state index contributed by atoms with van der Waals surface area (Å²) in [4.78, 5) is 13.0. The van der Waals surface area contributed by atoms with E-state index in [1.807, 2.05) is 42.7 Å². The Morgan fingerprint density at radius 3 is 2.95 bits per heavy atom. The lowest BCUT2D eigenvalue weighted by Gasteiger charge is -2.24. The number of thiophene rings is 1. The van der Waals surface area contributed by atoms with Crippen LogP contribution < -0.4 is 5.32 Å². The van der Waals surface area contributed by atoms with Crippen LogP contribution in [0.3, 0.4) is 0 Å². The first-order valence-electron chi connectivity index (χ1n) is 6.24. The number of nitrogens with one attached hydrogen (secondary N) is 1. The first kappa shape index (κ1) is 13.5. The highest BCUT2D eigenvalue weighted by atomic mass is 32.2. The number of hydrogen-bond donors (Lipinski definition) is 2. The fourth-order valence-corrected chi connectivity index (χ4v) is 3.94. The van der Waals surface area contributed by atoms with Gasteiger partial charge in [0, 0.05) is 10.9 Å². The van der Waals surface area contributed by atoms with Crippen LogP contribution in [-0.4, -0.2) is 27.6 Å². The molecule has 0 aliphatic carbocycles. The summed E-state index contributed by atoms with van der Waals surface area (Å²) in [6.45, 7) is 1.89. The van der Waals surface area contributed by atoms with Gasteiger partial charge in [0.25, 0.3) is 5.91 Å². The van der Waals surface area contributed by atoms with Crippen molar-refractivity contribution < 1.29 is 10.0 Å². The summed E-state index contributed by atoms with van der Waals surface area (Å²) in [6.07, 6.45) is 1.59. The molecule has 1 aliphatic heterocycles. The van der Waals surface area contributed by atoms with E-state index in [2.05, 4.69) is 5.32 Å². The maximum Gasteiger partial charge on any atom is 0.261 e. The van der Waals surface area contributed by atoms with Crippen molar-refractivity contribution in [1.82, 2.24) is 10.4 Å². The van der Waals surface area contributed by atoms with Crippen molar-refractivity contribution >= 4 is 39.1 Å². The topological polar surface area (TPSA) is 52.6 Å². The van der Waals surface area contributed by atoms with Crippen LogP contribution >= 0.6 is 23.1 Å². The van der Waals surface area contributed by atoms with Gasteiger partial charge in [-0.15, -0.1) is 23.1 Å². The Balaban J connectivity index is 1.72. The first-order valence-corrected chi connectivity index (χ1v) is 8.00. The second-order valence-electron chi connectivity index (χ2n) is 4.60. The number of thioether (sulfide) groups is 1. The van der Waals surface area contributed by atoms with Gasteiger partial charge in [-0.2, -0.15) is 0 Å². The zero-order chi connectivity index (χ0) is 14.1. The predicted octanol–water partition coefficient (Wildman–Crippen LogP) is 3.25. The van der Waals surface area contributed by atoms with Crippen molar-refractivity contribution in [1.29, 1.82) is 0 Å². The molecule has 6 heteroatoms. The summed E-state index contributed by atoms with van der Waals surface area (Å²) in [6, 6.07) is 9.68. The fourth-order valence-electron chi connectivity index (χ4n) is 2.12. The molecular weight excluding hydrogens is 292 g/mol. The van der Waals surface area contributed by atoms with Crippen molar-refractivity contribution in [3.05, 3.63) is 46.8 Å². The minimum absolute atomic E-state index is 0.0976. The van der Waals surface area contributed by atoms with E-state index in [0.29, 0.717) is 4.88 Å². The molecule has 0 radical (unpaired) electrons. The number of hydroxylamine groups is 2. The standard InChI is InChI=1S/C14H14N2O2S2/c1-9(14-16(18)6-7-19-14)15-13(17)12-8-10-4-2-3-5-11(10)20-12/h2-9,14,18H,1H3,(H,15,17)/t9-,14?/m0/s1. The molecule has 1 aromatic heterocycles. The molecule has 2 N–H and O–H groups in total. The van der Waals surface area contributed by atoms with Gasteiger partial charge in [0.15, 0.2) is 0 Å². The van der Waals surface area contributed by atoms with Gasteiger partial charge in [-0.1, -0.05) is 18.2 Å². The minimum Gasteiger partial charge on any atom is -0.346 e. The summed E-state index contributed by atoms with van der Waals surface area (Å²) in [7, 11) is 0. The van der Waals surface area contributed by atoms with Crippen molar-refractivity contribution in [3.63, 3.8) is 0 Å². The Morgan fingerprint density at radius 2 is 2.25 bits per heavy atom. The number of fused-ring (bicyclic) bond motifs is 1. The lowest BCUT2D eigenvalue weighted by Crippen LogP contribution is -2.44. The molecule has 4 nitrogen and oxygen atoms in total. The van der Waals surface area contributed by atoms with Gasteiger partial charge >= 0.3 is 0 Å². The second kappa shape index (κ2) is 5.47. The average molecular weight is 306 g/mol. The normalized spacial score (nSPS) is 19.5. The third kappa shape index (κ3) is 2.54. The van der Waals surface area contributed by atoms with Crippen molar-refractivity contribution in [2.75, 3.05) is 0 Å². The molecule has 1 unspecified atom stereocenters. The number of rotatable bonds is 3. The number of hydrogen-bond acceptors (Lipinski definition) is 5. The summed E-state index contributed by atoms with van der Waals surface area (Å²) in [5, 5.41) is 16.4. The molecule has 1 aromatic carbocycles. The molecule has 0 bridgehead atoms. The molecule has 0 fully saturated rings. The van der Waals surface area contributed by atoms with Crippen LogP contribution in [-0.2, 0) is 0 Å². The summed E-state index contributed by atoms with van der Waals surface area (Å²) in [5.41, 5.74) is 0. The van der Waals surface area contributed by atoms with Gasteiger partial charge in [-0.25, -0.2) is 5.06 Å². The Kier molecular flexibility index (Phi) is 3.69. The second-order valence-corrected chi connectivity index (χ2v) is 6.71. The van der Waals surface area contributed by atoms with E-state index in [4.69, 9.17) is 0 Å². The van der Waals surface area contributed by atoms with E-state index in [0.717, 1.165) is 15.1 Å². The van der Waals surface area contributed by atoms with E-state index < -0.39 is 0 Å². The Hall–Kier alpha value is -1.50. The van der Waals surface area contributed by atoms with E-state index in [-0.39, 0.29) is 17.3 Å². The zero-order valence-corrected chi connectivity index (χ0v) is 12.4. The highest BCUT2D eigenvalue weighted by Gasteiger charge is 2.26. The van der Waals surface area contributed by atoms with E-state index in [9.17, 15) is 10.0 Å². The third-order valence-electron chi connectivity index (χ3n) is 3.13. The van der Waals surface area contributed by atoms with Gasteiger partial charge in [-0.05, 0) is 29.9 Å². The maximum absolute atomic E-state index is 12.3. The van der Waals surface area contributed by atoms with Crippen LogP contribution in [0.5, 0.6) is 0 Å². The molecule has 0 saturated carbocycles. The molecule has 104 valence electrons. The smallest absolute Gasteiger partial charge is 0.261 e. The Morgan fingerprint density at radius 1 is 1.45 bits per heavy atom. The lowest BCUT2D eigenvalue weighted by molar-refractivity contribution is -0.0548. The largest absolute Gasteiger partial charge is 0.346 e. The molecule has 0 saturated heterocycles. The van der Waals surface area contributed by atoms with Crippen LogP contribution in [0.2, 0.25) is 0 Å². The molecular formula is C14H14N2O2S2. The summed E-state index contributed by atoms with van der Waals surface area (Å²) >= 11 is 2.96. The van der Waals surface area contributed by atoms with Gasteiger partial charge in [0.2, 0.25) is 0 Å². The van der Waals surface area contributed by atoms with E-state index in [1.54, 1.807) is 6.20 Å². The molecule has 1 amide bonds. The molecule has 20 heavy (non-hydrogen) atoms. The highest BCUT2D eigenvalue weighted by Crippen LogP contribution is 2.27. The third-order valence-corrected chi connectivity index (χ3v) is 5.42. The number of carbonyl (C=O) groups is 1. The number of benzene rings is 1. The molecule has 2 heterocycles. The molecule has 2 aromatic rings. The summed E-state index contributed by atoms with van der Waals surface area (Å²) < 4.78 is 1.10. The zero-order valence-electron chi connectivity index (χ0n) is 10.8. The number of amides is 1. The van der Waals surface area contributed by atoms with Crippen LogP contribution in [0.25, 0.3) is 10.1 Å². The Labute approximate surface area is 125 Å². The minimum atomic E-state index is -0.173. The summed E-state index contributed by atoms with van der Waals surface area (Å²) in [5.74, 6) is -0.0976. The SMILES string of the molecule is C[C@H](NC(=O)c1cc2ccccc2s1)C1SC=CN1O. The molecule has 0 spiro atoms. The fraction of sp³-hybridized carbons (Fsp3) is 0.214. The van der Waals surface area contributed by atoms with Gasteiger partial charge in [0.1, 0.15) is 5.37 Å². The van der Waals surface area contributed by atoms with Gasteiger partial charge in [-0.3, -0.25) is 10.0 Å². The monoisotopic (exact) mass is 306 g/mol. The maximum atomic E-state index is 12.3. The van der Waals surface area contributed by atoms with Crippen LogP contribution in [0.4, 0.5) is 0 Å². The van der Waals surface area contributed by atoms with Crippen LogP contribution in [0, 0.1) is 0 Å². The number of nitrogens with zero attached hydrogens (tertiary/aromatic N) is 1. The van der Waals surface area contributed by atoms with Crippen molar-refractivity contribution in [3.8, 4) is 0 Å². The van der Waals surface area contributed by atoms with Crippen molar-refractivity contribution in [2.24, 2.45) is 0 Å². The van der Waals surface area contributed by atoms with E-state index >= 15 is 0 Å². The van der Waals surface area contributed by atoms with Crippen molar-refractivity contribution in [2.45, 2.75) is 18.3 Å². The predicted molar refractivity (Wildman–Crippen MR) is 82.9 cm³/mol. The first-order chi connectivity index (χ1) is 9.65. The Bertz CT molecular complexity index is 635. The van der Waals surface area contributed by atoms with Gasteiger partial charge < -0.3 is 5.32 Å². The highest BCUT2D eigenvalue weighted by molar-refractivity contribution is 8.02. The molecule has 2 atom stereocenters. The van der Waals surface area contributed by atoms with Crippen LogP contribution in [0.15, 0.2) is 41.9 Å².